The Morgan fingerprint density at radius 1 is 0.418 bits per heavy atom. The number of benzene rings is 8. The van der Waals surface area contributed by atoms with Gasteiger partial charge in [0.25, 0.3) is 0 Å². The van der Waals surface area contributed by atoms with Crippen molar-refractivity contribution in [3.05, 3.63) is 170 Å². The Balaban J connectivity index is 1.21. The van der Waals surface area contributed by atoms with Gasteiger partial charge in [-0.2, -0.15) is 0 Å². The smallest absolute Gasteiger partial charge is 0.166 e. The number of fused-ring (bicyclic) bond motifs is 10. The maximum atomic E-state index is 6.35. The number of para-hydroxylation sites is 2. The second-order valence-corrected chi connectivity index (χ2v) is 15.1. The molecule has 12 aromatic rings. The van der Waals surface area contributed by atoms with Crippen molar-refractivity contribution < 1.29 is 4.42 Å². The zero-order chi connectivity index (χ0) is 36.0. The molecule has 0 aliphatic rings. The third kappa shape index (κ3) is 4.62. The number of thiophene rings is 1. The molecule has 0 N–H and O–H groups in total. The number of hydrogen-bond acceptors (Lipinski definition) is 5. The highest BCUT2D eigenvalue weighted by atomic mass is 32.1. The molecule has 5 nitrogen and oxygen atoms in total. The van der Waals surface area contributed by atoms with Crippen molar-refractivity contribution in [3.63, 3.8) is 0 Å². The zero-order valence-electron chi connectivity index (χ0n) is 29.3. The van der Waals surface area contributed by atoms with Gasteiger partial charge in [0.15, 0.2) is 17.5 Å². The van der Waals surface area contributed by atoms with Crippen LogP contribution in [0.3, 0.4) is 0 Å². The fourth-order valence-corrected chi connectivity index (χ4v) is 9.44. The van der Waals surface area contributed by atoms with Crippen LogP contribution in [0.1, 0.15) is 0 Å². The van der Waals surface area contributed by atoms with Crippen molar-refractivity contribution in [3.8, 4) is 39.9 Å². The molecule has 0 spiro atoms. The molecule has 4 heterocycles. The van der Waals surface area contributed by atoms with Crippen LogP contribution in [0.5, 0.6) is 0 Å². The summed E-state index contributed by atoms with van der Waals surface area (Å²) in [6, 6.07) is 59.7. The summed E-state index contributed by atoms with van der Waals surface area (Å²) in [4.78, 5) is 15.9. The first-order chi connectivity index (χ1) is 27.2. The van der Waals surface area contributed by atoms with Crippen molar-refractivity contribution in [1.82, 2.24) is 19.5 Å². The van der Waals surface area contributed by atoms with Crippen molar-refractivity contribution >= 4 is 86.0 Å². The second kappa shape index (κ2) is 11.7. The summed E-state index contributed by atoms with van der Waals surface area (Å²) >= 11 is 1.80. The molecule has 0 unspecified atom stereocenters. The fourth-order valence-electron chi connectivity index (χ4n) is 8.33. The molecule has 0 atom stereocenters. The Labute approximate surface area is 318 Å². The van der Waals surface area contributed by atoms with E-state index in [0.29, 0.717) is 17.5 Å². The third-order valence-electron chi connectivity index (χ3n) is 10.8. The molecule has 0 saturated carbocycles. The van der Waals surface area contributed by atoms with E-state index >= 15 is 0 Å². The fraction of sp³-hybridized carbons (Fsp3) is 0. The summed E-state index contributed by atoms with van der Waals surface area (Å²) in [6.45, 7) is 0. The minimum atomic E-state index is 0.585. The molecular formula is C49H28N4OS. The summed E-state index contributed by atoms with van der Waals surface area (Å²) in [7, 11) is 0. The van der Waals surface area contributed by atoms with Crippen LogP contribution < -0.4 is 0 Å². The van der Waals surface area contributed by atoms with Crippen LogP contribution >= 0.6 is 11.3 Å². The molecule has 6 heteroatoms. The molecule has 0 radical (unpaired) electrons. The molecule has 12 rings (SSSR count). The van der Waals surface area contributed by atoms with E-state index in [4.69, 9.17) is 19.4 Å². The van der Waals surface area contributed by atoms with Crippen LogP contribution in [0.2, 0.25) is 0 Å². The van der Waals surface area contributed by atoms with Crippen LogP contribution in [0.15, 0.2) is 174 Å². The Kier molecular flexibility index (Phi) is 6.44. The molecular weight excluding hydrogens is 693 g/mol. The van der Waals surface area contributed by atoms with Crippen LogP contribution in [-0.2, 0) is 0 Å². The first kappa shape index (κ1) is 30.3. The summed E-state index contributed by atoms with van der Waals surface area (Å²) in [5, 5.41) is 9.27. The lowest BCUT2D eigenvalue weighted by atomic mass is 10.0. The van der Waals surface area contributed by atoms with Gasteiger partial charge in [-0.15, -0.1) is 11.3 Å². The minimum Gasteiger partial charge on any atom is -0.456 e. The highest BCUT2D eigenvalue weighted by Crippen LogP contribution is 2.45. The van der Waals surface area contributed by atoms with E-state index in [1.54, 1.807) is 11.3 Å². The lowest BCUT2D eigenvalue weighted by Gasteiger charge is -2.16. The van der Waals surface area contributed by atoms with Crippen LogP contribution in [0, 0.1) is 0 Å². The maximum absolute atomic E-state index is 6.35. The van der Waals surface area contributed by atoms with Gasteiger partial charge in [-0.25, -0.2) is 15.0 Å². The molecule has 8 aromatic carbocycles. The van der Waals surface area contributed by atoms with E-state index in [0.717, 1.165) is 60.7 Å². The largest absolute Gasteiger partial charge is 0.456 e. The molecule has 0 fully saturated rings. The van der Waals surface area contributed by atoms with E-state index < -0.39 is 0 Å². The van der Waals surface area contributed by atoms with Gasteiger partial charge in [0.05, 0.1) is 22.3 Å². The van der Waals surface area contributed by atoms with E-state index in [-0.39, 0.29) is 0 Å². The maximum Gasteiger partial charge on any atom is 0.166 e. The standard InChI is InChI=1S/C49H28N4OS/c1-2-12-29(13-3-1)47-50-48(32-22-23-35-34-17-7-10-20-41(34)54-42(35)28-32)52-49(51-47)46-39(24-25-44-45(46)36-18-8-11-21-43(36)55-44)53-38-19-9-6-16-33(38)37-26-30-14-4-5-15-31(30)27-40(37)53/h1-28H. The summed E-state index contributed by atoms with van der Waals surface area (Å²) in [6.07, 6.45) is 0. The molecule has 0 amide bonds. The van der Waals surface area contributed by atoms with E-state index in [9.17, 15) is 0 Å². The lowest BCUT2D eigenvalue weighted by molar-refractivity contribution is 0.669. The topological polar surface area (TPSA) is 56.7 Å². The molecule has 0 aliphatic carbocycles. The molecule has 0 aliphatic heterocycles. The Morgan fingerprint density at radius 3 is 1.96 bits per heavy atom. The summed E-state index contributed by atoms with van der Waals surface area (Å²) in [5.74, 6) is 1.81. The van der Waals surface area contributed by atoms with Crippen LogP contribution in [0.4, 0.5) is 0 Å². The third-order valence-corrected chi connectivity index (χ3v) is 12.0. The highest BCUT2D eigenvalue weighted by Gasteiger charge is 2.24. The average Bonchev–Trinajstić information content (AvgIpc) is 3.91. The highest BCUT2D eigenvalue weighted by molar-refractivity contribution is 7.26. The monoisotopic (exact) mass is 720 g/mol. The normalized spacial score (nSPS) is 12.0. The predicted molar refractivity (Wildman–Crippen MR) is 228 cm³/mol. The van der Waals surface area contributed by atoms with Gasteiger partial charge in [0, 0.05) is 52.8 Å². The van der Waals surface area contributed by atoms with Gasteiger partial charge < -0.3 is 8.98 Å². The molecule has 4 aromatic heterocycles. The predicted octanol–water partition coefficient (Wildman–Crippen LogP) is 13.4. The Morgan fingerprint density at radius 2 is 1.09 bits per heavy atom. The van der Waals surface area contributed by atoms with Gasteiger partial charge in [0.1, 0.15) is 11.2 Å². The molecule has 0 bridgehead atoms. The first-order valence-corrected chi connectivity index (χ1v) is 19.2. The number of nitrogens with zero attached hydrogens (tertiary/aromatic N) is 4. The van der Waals surface area contributed by atoms with Gasteiger partial charge >= 0.3 is 0 Å². The van der Waals surface area contributed by atoms with Gasteiger partial charge in [-0.3, -0.25) is 0 Å². The van der Waals surface area contributed by atoms with E-state index in [1.807, 2.05) is 36.4 Å². The second-order valence-electron chi connectivity index (χ2n) is 14.0. The Bertz CT molecular complexity index is 3500. The molecule has 0 saturated heterocycles. The van der Waals surface area contributed by atoms with Crippen LogP contribution in [-0.4, -0.2) is 19.5 Å². The number of furan rings is 1. The van der Waals surface area contributed by atoms with Crippen molar-refractivity contribution in [2.45, 2.75) is 0 Å². The Hall–Kier alpha value is -7.15. The molecule has 256 valence electrons. The van der Waals surface area contributed by atoms with Crippen molar-refractivity contribution in [2.24, 2.45) is 0 Å². The lowest BCUT2D eigenvalue weighted by Crippen LogP contribution is -2.04. The average molecular weight is 721 g/mol. The number of aromatic nitrogens is 4. The molecule has 55 heavy (non-hydrogen) atoms. The first-order valence-electron chi connectivity index (χ1n) is 18.4. The van der Waals surface area contributed by atoms with E-state index in [2.05, 4.69) is 138 Å². The van der Waals surface area contributed by atoms with Gasteiger partial charge in [-0.1, -0.05) is 115 Å². The number of rotatable bonds is 4. The summed E-state index contributed by atoms with van der Waals surface area (Å²) in [5.41, 5.74) is 7.68. The van der Waals surface area contributed by atoms with Crippen molar-refractivity contribution in [2.75, 3.05) is 0 Å². The minimum absolute atomic E-state index is 0.585. The van der Waals surface area contributed by atoms with Gasteiger partial charge in [0.2, 0.25) is 0 Å². The summed E-state index contributed by atoms with van der Waals surface area (Å²) < 4.78 is 11.2. The van der Waals surface area contributed by atoms with Gasteiger partial charge in [-0.05, 0) is 65.4 Å². The van der Waals surface area contributed by atoms with E-state index in [1.165, 1.54) is 36.3 Å². The number of hydrogen-bond donors (Lipinski definition) is 0. The zero-order valence-corrected chi connectivity index (χ0v) is 30.1. The SMILES string of the molecule is c1ccc(-c2nc(-c3ccc4c(c3)oc3ccccc34)nc(-c3c(-n4c5ccccc5c5cc6ccccc6cc54)ccc4sc5ccccc5c34)n2)cc1. The quantitative estimate of drug-likeness (QED) is 0.182. The van der Waals surface area contributed by atoms with Crippen LogP contribution in [0.25, 0.3) is 115 Å². The van der Waals surface area contributed by atoms with Crippen molar-refractivity contribution in [1.29, 1.82) is 0 Å².